The monoisotopic (exact) mass is 366 g/mol. The van der Waals surface area contributed by atoms with Gasteiger partial charge in [-0.05, 0) is 46.7 Å². The summed E-state index contributed by atoms with van der Waals surface area (Å²) in [7, 11) is 0. The highest BCUT2D eigenvalue weighted by Crippen LogP contribution is 2.35. The predicted octanol–water partition coefficient (Wildman–Crippen LogP) is 3.39. The molecular weight excluding hydrogens is 351 g/mol. The van der Waals surface area contributed by atoms with Crippen LogP contribution in [-0.4, -0.2) is 11.3 Å². The Kier molecular flexibility index (Phi) is 2.72. The molecule has 7 rings (SSSR count). The Morgan fingerprint density at radius 2 is 1.62 bits per heavy atom. The molecule has 0 spiro atoms. The molecule has 0 saturated carbocycles. The van der Waals surface area contributed by atoms with Gasteiger partial charge in [0, 0.05) is 27.5 Å². The molecule has 29 heavy (non-hydrogen) atoms. The molecule has 0 N–H and O–H groups in total. The van der Waals surface area contributed by atoms with E-state index in [4.69, 9.17) is 0 Å². The summed E-state index contributed by atoms with van der Waals surface area (Å²) < 4.78 is 2.39. The molecular formula is C26H15BN2. The van der Waals surface area contributed by atoms with Crippen molar-refractivity contribution in [2.45, 2.75) is 6.42 Å². The number of hydrogen-bond donors (Lipinski definition) is 0. The zero-order chi connectivity index (χ0) is 19.1. The van der Waals surface area contributed by atoms with Gasteiger partial charge in [-0.3, -0.25) is 0 Å². The van der Waals surface area contributed by atoms with Gasteiger partial charge in [0.2, 0.25) is 6.71 Å². The van der Waals surface area contributed by atoms with Crippen LogP contribution >= 0.6 is 0 Å². The fourth-order valence-electron chi connectivity index (χ4n) is 5.64. The van der Waals surface area contributed by atoms with E-state index >= 15 is 0 Å². The van der Waals surface area contributed by atoms with Gasteiger partial charge in [-0.15, -0.1) is 0 Å². The number of para-hydroxylation sites is 1. The summed E-state index contributed by atoms with van der Waals surface area (Å²) in [5.41, 5.74) is 11.1. The first kappa shape index (κ1) is 15.2. The molecule has 0 unspecified atom stereocenters. The van der Waals surface area contributed by atoms with Crippen molar-refractivity contribution in [2.24, 2.45) is 0 Å². The Bertz CT molecular complexity index is 1550. The number of fused-ring (bicyclic) bond motifs is 8. The third-order valence-electron chi connectivity index (χ3n) is 6.73. The smallest absolute Gasteiger partial charge is 0.249 e. The SMILES string of the molecule is N#Cc1cccc2c1B1c3ccccc3Cc3ccc4c5ccccc5n-2c4c31. The van der Waals surface area contributed by atoms with Crippen LogP contribution in [0.4, 0.5) is 0 Å². The minimum absolute atomic E-state index is 0.112. The third kappa shape index (κ3) is 1.73. The lowest BCUT2D eigenvalue weighted by Crippen LogP contribution is -2.60. The standard InChI is InChI=1S/C26H15BN2/c28-15-18-7-5-11-23-24(18)27-21-9-3-1-6-16(21)14-17-12-13-20-19-8-2-4-10-22(19)29(23)26(20)25(17)27/h1-13H,14H2. The summed E-state index contributed by atoms with van der Waals surface area (Å²) in [6, 6.07) is 30.6. The topological polar surface area (TPSA) is 28.7 Å². The van der Waals surface area contributed by atoms with E-state index in [2.05, 4.69) is 77.4 Å². The van der Waals surface area contributed by atoms with Gasteiger partial charge in [0.05, 0.1) is 11.6 Å². The number of nitriles is 1. The molecule has 0 saturated heterocycles. The molecule has 2 aliphatic rings. The van der Waals surface area contributed by atoms with E-state index in [1.54, 1.807) is 0 Å². The Morgan fingerprint density at radius 3 is 2.55 bits per heavy atom. The first-order chi connectivity index (χ1) is 14.4. The van der Waals surface area contributed by atoms with Gasteiger partial charge >= 0.3 is 0 Å². The van der Waals surface area contributed by atoms with Crippen LogP contribution in [0.2, 0.25) is 0 Å². The summed E-state index contributed by atoms with van der Waals surface area (Å²) in [6.07, 6.45) is 0.948. The molecule has 0 bridgehead atoms. The highest BCUT2D eigenvalue weighted by molar-refractivity contribution is 6.99. The minimum atomic E-state index is 0.112. The second kappa shape index (κ2) is 5.18. The van der Waals surface area contributed by atoms with Crippen molar-refractivity contribution in [1.29, 1.82) is 5.26 Å². The van der Waals surface area contributed by atoms with E-state index in [9.17, 15) is 5.26 Å². The maximum atomic E-state index is 9.99. The van der Waals surface area contributed by atoms with Crippen molar-refractivity contribution in [3.63, 3.8) is 0 Å². The van der Waals surface area contributed by atoms with Gasteiger partial charge in [0.25, 0.3) is 0 Å². The highest BCUT2D eigenvalue weighted by Gasteiger charge is 2.39. The lowest BCUT2D eigenvalue weighted by Gasteiger charge is -2.33. The third-order valence-corrected chi connectivity index (χ3v) is 6.73. The molecule has 4 aromatic carbocycles. The quantitative estimate of drug-likeness (QED) is 0.378. The Balaban J connectivity index is 1.78. The zero-order valence-corrected chi connectivity index (χ0v) is 15.7. The second-order valence-electron chi connectivity index (χ2n) is 8.05. The van der Waals surface area contributed by atoms with E-state index in [0.717, 1.165) is 23.1 Å². The minimum Gasteiger partial charge on any atom is -0.310 e. The number of aromatic nitrogens is 1. The summed E-state index contributed by atoms with van der Waals surface area (Å²) in [5, 5.41) is 12.6. The van der Waals surface area contributed by atoms with Gasteiger partial charge in [0.1, 0.15) is 0 Å². The Hall–Kier alpha value is -3.77. The molecule has 0 amide bonds. The fraction of sp³-hybridized carbons (Fsp3) is 0.0385. The first-order valence-electron chi connectivity index (χ1n) is 10.0. The molecule has 2 aliphatic heterocycles. The van der Waals surface area contributed by atoms with Crippen molar-refractivity contribution in [3.8, 4) is 11.8 Å². The van der Waals surface area contributed by atoms with Crippen LogP contribution in [0.3, 0.4) is 0 Å². The molecule has 2 nitrogen and oxygen atoms in total. The molecule has 0 fully saturated rings. The molecule has 0 atom stereocenters. The second-order valence-corrected chi connectivity index (χ2v) is 8.05. The molecule has 0 radical (unpaired) electrons. The normalized spacial score (nSPS) is 13.3. The molecule has 0 aliphatic carbocycles. The first-order valence-corrected chi connectivity index (χ1v) is 10.0. The van der Waals surface area contributed by atoms with Crippen LogP contribution in [-0.2, 0) is 6.42 Å². The van der Waals surface area contributed by atoms with E-state index in [1.807, 2.05) is 12.1 Å². The predicted molar refractivity (Wildman–Crippen MR) is 119 cm³/mol. The number of benzene rings is 4. The van der Waals surface area contributed by atoms with Crippen LogP contribution in [0.1, 0.15) is 16.7 Å². The maximum absolute atomic E-state index is 9.99. The van der Waals surface area contributed by atoms with Gasteiger partial charge in [-0.25, -0.2) is 0 Å². The van der Waals surface area contributed by atoms with Crippen molar-refractivity contribution in [1.82, 2.24) is 4.57 Å². The molecule has 3 heterocycles. The largest absolute Gasteiger partial charge is 0.310 e. The summed E-state index contributed by atoms with van der Waals surface area (Å²) >= 11 is 0. The van der Waals surface area contributed by atoms with Crippen molar-refractivity contribution < 1.29 is 0 Å². The fourth-order valence-corrected chi connectivity index (χ4v) is 5.64. The van der Waals surface area contributed by atoms with Crippen LogP contribution in [0.5, 0.6) is 0 Å². The summed E-state index contributed by atoms with van der Waals surface area (Å²) in [6.45, 7) is 0.112. The van der Waals surface area contributed by atoms with Gasteiger partial charge in [-0.2, -0.15) is 5.26 Å². The molecule has 3 heteroatoms. The zero-order valence-electron chi connectivity index (χ0n) is 15.7. The number of nitrogens with zero attached hydrogens (tertiary/aromatic N) is 2. The lowest BCUT2D eigenvalue weighted by atomic mass is 9.32. The Morgan fingerprint density at radius 1 is 0.759 bits per heavy atom. The van der Waals surface area contributed by atoms with E-state index in [0.29, 0.717) is 0 Å². The Labute approximate surface area is 168 Å². The molecule has 5 aromatic rings. The maximum Gasteiger partial charge on any atom is 0.249 e. The highest BCUT2D eigenvalue weighted by atomic mass is 15.0. The van der Waals surface area contributed by atoms with Crippen molar-refractivity contribution >= 4 is 44.9 Å². The van der Waals surface area contributed by atoms with Gasteiger partial charge in [-0.1, -0.05) is 66.1 Å². The van der Waals surface area contributed by atoms with E-state index in [-0.39, 0.29) is 6.71 Å². The van der Waals surface area contributed by atoms with Crippen LogP contribution in [0.25, 0.3) is 27.5 Å². The average molecular weight is 366 g/mol. The average Bonchev–Trinajstić information content (AvgIpc) is 3.12. The van der Waals surface area contributed by atoms with Gasteiger partial charge in [0.15, 0.2) is 0 Å². The van der Waals surface area contributed by atoms with Crippen LogP contribution in [0, 0.1) is 11.3 Å². The number of rotatable bonds is 0. The lowest BCUT2D eigenvalue weighted by molar-refractivity contribution is 1.16. The molecule has 1 aromatic heterocycles. The van der Waals surface area contributed by atoms with Crippen LogP contribution < -0.4 is 16.4 Å². The number of hydrogen-bond acceptors (Lipinski definition) is 1. The van der Waals surface area contributed by atoms with Crippen molar-refractivity contribution in [3.05, 3.63) is 95.6 Å². The van der Waals surface area contributed by atoms with E-state index < -0.39 is 0 Å². The van der Waals surface area contributed by atoms with E-state index in [1.165, 1.54) is 43.9 Å². The van der Waals surface area contributed by atoms with Crippen LogP contribution in [0.15, 0.2) is 78.9 Å². The van der Waals surface area contributed by atoms with Crippen molar-refractivity contribution in [2.75, 3.05) is 0 Å². The van der Waals surface area contributed by atoms with Gasteiger partial charge < -0.3 is 4.57 Å². The summed E-state index contributed by atoms with van der Waals surface area (Å²) in [4.78, 5) is 0. The summed E-state index contributed by atoms with van der Waals surface area (Å²) in [5.74, 6) is 0. The molecule has 132 valence electrons.